The van der Waals surface area contributed by atoms with Crippen LogP contribution >= 0.6 is 0 Å². The van der Waals surface area contributed by atoms with Crippen molar-refractivity contribution in [1.82, 2.24) is 0 Å². The van der Waals surface area contributed by atoms with E-state index in [1.807, 2.05) is 60.7 Å². The molecule has 0 bridgehead atoms. The summed E-state index contributed by atoms with van der Waals surface area (Å²) in [6.07, 6.45) is 12.1. The third-order valence-electron chi connectivity index (χ3n) is 10.4. The van der Waals surface area contributed by atoms with E-state index in [1.54, 1.807) is 36.4 Å². The largest absolute Gasteiger partial charge is 0.504 e. The molecular formula is C52H66N4O6. The first-order chi connectivity index (χ1) is 30.3. The number of ether oxygens (including phenoxy) is 4. The summed E-state index contributed by atoms with van der Waals surface area (Å²) < 4.78 is 24.9. The van der Waals surface area contributed by atoms with Gasteiger partial charge < -0.3 is 40.6 Å². The van der Waals surface area contributed by atoms with E-state index in [0.29, 0.717) is 106 Å². The van der Waals surface area contributed by atoms with Gasteiger partial charge in [-0.1, -0.05) is 140 Å². The molecule has 5 aromatic carbocycles. The zero-order valence-corrected chi connectivity index (χ0v) is 37.1. The van der Waals surface area contributed by atoms with Gasteiger partial charge in [-0.05, 0) is 37.8 Å². The van der Waals surface area contributed by atoms with E-state index in [0.717, 1.165) is 77.0 Å². The summed E-state index contributed by atoms with van der Waals surface area (Å²) in [6.45, 7) is 10.7. The Labute approximate surface area is 368 Å². The molecule has 10 heteroatoms. The monoisotopic (exact) mass is 842 g/mol. The number of hydrogen-bond donors (Lipinski definition) is 4. The lowest BCUT2D eigenvalue weighted by Crippen LogP contribution is -2.08. The summed E-state index contributed by atoms with van der Waals surface area (Å²) in [5.74, 6) is 1.49. The molecule has 0 aliphatic rings. The lowest BCUT2D eigenvalue weighted by Gasteiger charge is -2.18. The summed E-state index contributed by atoms with van der Waals surface area (Å²) in [4.78, 5) is 10.1. The summed E-state index contributed by atoms with van der Waals surface area (Å²) in [7, 11) is 0. The number of nitrogens with two attached hydrogens (primary N) is 2. The topological polar surface area (TPSA) is 154 Å². The molecule has 62 heavy (non-hydrogen) atoms. The number of phenols is 2. The van der Waals surface area contributed by atoms with Gasteiger partial charge in [-0.3, -0.25) is 0 Å². The molecule has 10 nitrogen and oxygen atoms in total. The SMILES string of the molecule is CCCCCOc1cc(N)c(N=C(c2ccccc2)c2ccc(C(=Nc3cc(OCCCCC)c(OCCCCC)cc3N)c3ccccc3)c(O)c2O)cc1OCCCCC. The van der Waals surface area contributed by atoms with Crippen molar-refractivity contribution in [2.45, 2.75) is 105 Å². The Bertz CT molecular complexity index is 2050. The Morgan fingerprint density at radius 1 is 0.435 bits per heavy atom. The molecule has 330 valence electrons. The number of unbranched alkanes of at least 4 members (excludes halogenated alkanes) is 8. The highest BCUT2D eigenvalue weighted by atomic mass is 16.5. The third-order valence-corrected chi connectivity index (χ3v) is 10.4. The van der Waals surface area contributed by atoms with Crippen molar-refractivity contribution in [2.75, 3.05) is 37.9 Å². The highest BCUT2D eigenvalue weighted by Crippen LogP contribution is 2.42. The Hall–Kier alpha value is -6.16. The molecule has 0 aromatic heterocycles. The van der Waals surface area contributed by atoms with E-state index in [1.165, 1.54) is 0 Å². The van der Waals surface area contributed by atoms with Gasteiger partial charge >= 0.3 is 0 Å². The molecule has 0 amide bonds. The Morgan fingerprint density at radius 2 is 0.742 bits per heavy atom. The summed E-state index contributed by atoms with van der Waals surface area (Å²) >= 11 is 0. The smallest absolute Gasteiger partial charge is 0.167 e. The van der Waals surface area contributed by atoms with Gasteiger partial charge in [0.05, 0.1) is 60.6 Å². The lowest BCUT2D eigenvalue weighted by atomic mass is 9.95. The van der Waals surface area contributed by atoms with Crippen LogP contribution in [0.4, 0.5) is 22.7 Å². The van der Waals surface area contributed by atoms with Crippen LogP contribution < -0.4 is 30.4 Å². The van der Waals surface area contributed by atoms with Crippen LogP contribution in [0.25, 0.3) is 0 Å². The highest BCUT2D eigenvalue weighted by molar-refractivity contribution is 6.19. The number of nitrogens with zero attached hydrogens (tertiary/aromatic N) is 2. The zero-order chi connectivity index (χ0) is 44.1. The van der Waals surface area contributed by atoms with Gasteiger partial charge in [0, 0.05) is 46.5 Å². The minimum Gasteiger partial charge on any atom is -0.504 e. The number of rotatable bonds is 26. The predicted octanol–water partition coefficient (Wildman–Crippen LogP) is 12.9. The van der Waals surface area contributed by atoms with Gasteiger partial charge in [0.15, 0.2) is 34.5 Å². The molecule has 0 saturated heterocycles. The van der Waals surface area contributed by atoms with Crippen molar-refractivity contribution in [1.29, 1.82) is 0 Å². The van der Waals surface area contributed by atoms with Gasteiger partial charge in [-0.15, -0.1) is 0 Å². The average molecular weight is 843 g/mol. The van der Waals surface area contributed by atoms with Gasteiger partial charge in [0.2, 0.25) is 0 Å². The first kappa shape index (κ1) is 46.9. The van der Waals surface area contributed by atoms with Crippen LogP contribution in [-0.2, 0) is 0 Å². The van der Waals surface area contributed by atoms with Gasteiger partial charge in [0.25, 0.3) is 0 Å². The molecule has 0 aliphatic heterocycles. The van der Waals surface area contributed by atoms with Crippen molar-refractivity contribution < 1.29 is 29.2 Å². The van der Waals surface area contributed by atoms with Crippen LogP contribution in [-0.4, -0.2) is 48.1 Å². The van der Waals surface area contributed by atoms with Crippen LogP contribution in [0.3, 0.4) is 0 Å². The lowest BCUT2D eigenvalue weighted by molar-refractivity contribution is 0.260. The second kappa shape index (κ2) is 24.9. The maximum absolute atomic E-state index is 12.0. The van der Waals surface area contributed by atoms with Gasteiger partial charge in [-0.2, -0.15) is 0 Å². The van der Waals surface area contributed by atoms with Crippen molar-refractivity contribution >= 4 is 34.2 Å². The maximum Gasteiger partial charge on any atom is 0.167 e. The zero-order valence-electron chi connectivity index (χ0n) is 37.1. The highest BCUT2D eigenvalue weighted by Gasteiger charge is 2.23. The summed E-state index contributed by atoms with van der Waals surface area (Å²) in [5, 5.41) is 24.0. The number of anilines is 2. The average Bonchev–Trinajstić information content (AvgIpc) is 3.29. The second-order valence-corrected chi connectivity index (χ2v) is 15.4. The fourth-order valence-electron chi connectivity index (χ4n) is 6.87. The van der Waals surface area contributed by atoms with Crippen molar-refractivity contribution in [3.05, 3.63) is 119 Å². The van der Waals surface area contributed by atoms with Crippen molar-refractivity contribution in [3.63, 3.8) is 0 Å². The molecule has 5 aromatic rings. The van der Waals surface area contributed by atoms with Gasteiger partial charge in [0.1, 0.15) is 0 Å². The number of benzene rings is 5. The first-order valence-electron chi connectivity index (χ1n) is 22.5. The van der Waals surface area contributed by atoms with Crippen LogP contribution in [0.15, 0.2) is 107 Å². The number of aliphatic imine (C=N–C) groups is 2. The minimum absolute atomic E-state index is 0.293. The minimum atomic E-state index is -0.372. The molecule has 0 heterocycles. The molecule has 0 spiro atoms. The van der Waals surface area contributed by atoms with E-state index >= 15 is 0 Å². The fraction of sp³-hybridized carbons (Fsp3) is 0.385. The molecule has 0 saturated carbocycles. The van der Waals surface area contributed by atoms with Crippen LogP contribution in [0.2, 0.25) is 0 Å². The number of hydrogen-bond acceptors (Lipinski definition) is 10. The fourth-order valence-corrected chi connectivity index (χ4v) is 6.87. The van der Waals surface area contributed by atoms with E-state index in [2.05, 4.69) is 27.7 Å². The van der Waals surface area contributed by atoms with Gasteiger partial charge in [-0.25, -0.2) is 9.98 Å². The molecule has 5 rings (SSSR count). The molecule has 0 radical (unpaired) electrons. The third kappa shape index (κ3) is 13.2. The second-order valence-electron chi connectivity index (χ2n) is 15.4. The summed E-state index contributed by atoms with van der Waals surface area (Å²) in [6, 6.07) is 29.5. The van der Waals surface area contributed by atoms with Crippen LogP contribution in [0, 0.1) is 0 Å². The van der Waals surface area contributed by atoms with Crippen molar-refractivity contribution in [2.24, 2.45) is 9.98 Å². The molecule has 0 fully saturated rings. The number of phenolic OH excluding ortho intramolecular Hbond substituents is 2. The molecule has 0 atom stereocenters. The normalized spacial score (nSPS) is 11.7. The number of nitrogen functional groups attached to an aromatic ring is 2. The Morgan fingerprint density at radius 3 is 1.05 bits per heavy atom. The van der Waals surface area contributed by atoms with Crippen LogP contribution in [0.1, 0.15) is 127 Å². The quantitative estimate of drug-likeness (QED) is 0.0186. The molecular weight excluding hydrogens is 777 g/mol. The summed E-state index contributed by atoms with van der Waals surface area (Å²) in [5.41, 5.74) is 17.8. The van der Waals surface area contributed by atoms with Crippen LogP contribution in [0.5, 0.6) is 34.5 Å². The number of aromatic hydroxyl groups is 2. The maximum atomic E-state index is 12.0. The van der Waals surface area contributed by atoms with E-state index in [-0.39, 0.29) is 11.5 Å². The molecule has 0 unspecified atom stereocenters. The van der Waals surface area contributed by atoms with E-state index < -0.39 is 0 Å². The molecule has 0 aliphatic carbocycles. The standard InChI is InChI=1S/C52H66N4O6/c1-5-9-19-29-59-45-33-41(53)43(35-47(45)61-31-21-11-7-3)55-49(37-23-15-13-16-24-37)39-27-28-40(52(58)51(39)57)50(38-25-17-14-18-26-38)56-44-36-48(62-32-22-12-8-4)46(34-42(44)54)60-30-20-10-6-2/h13-18,23-28,33-36,57-58H,5-12,19-22,29-32,53-54H2,1-4H3. The van der Waals surface area contributed by atoms with E-state index in [9.17, 15) is 10.2 Å². The van der Waals surface area contributed by atoms with Crippen molar-refractivity contribution in [3.8, 4) is 34.5 Å². The molecule has 6 N–H and O–H groups in total. The Kier molecular flexibility index (Phi) is 18.9. The predicted molar refractivity (Wildman–Crippen MR) is 255 cm³/mol. The first-order valence-corrected chi connectivity index (χ1v) is 22.5. The Balaban J connectivity index is 1.61. The van der Waals surface area contributed by atoms with E-state index in [4.69, 9.17) is 40.4 Å².